The van der Waals surface area contributed by atoms with Gasteiger partial charge in [0.1, 0.15) is 11.9 Å². The molecule has 0 bridgehead atoms. The van der Waals surface area contributed by atoms with Gasteiger partial charge >= 0.3 is 0 Å². The van der Waals surface area contributed by atoms with Crippen LogP contribution in [-0.4, -0.2) is 47.0 Å². The van der Waals surface area contributed by atoms with E-state index in [9.17, 15) is 13.2 Å². The Balaban J connectivity index is 1.57. The van der Waals surface area contributed by atoms with Crippen molar-refractivity contribution in [3.63, 3.8) is 0 Å². The average molecular weight is 376 g/mol. The van der Waals surface area contributed by atoms with Crippen molar-refractivity contribution >= 4 is 32.7 Å². The molecule has 1 fully saturated rings. The molecule has 1 atom stereocenters. The van der Waals surface area contributed by atoms with Crippen molar-refractivity contribution in [1.29, 1.82) is 0 Å². The summed E-state index contributed by atoms with van der Waals surface area (Å²) >= 11 is 0. The third kappa shape index (κ3) is 3.23. The SMILES string of the molecule is CS(=O)(=O)N1CCCC1C(=O)Nc1ccc2c(c1)nc1n2CCCCC1. The molecule has 7 nitrogen and oxygen atoms in total. The monoisotopic (exact) mass is 376 g/mol. The number of anilines is 1. The first-order valence-electron chi connectivity index (χ1n) is 9.20. The van der Waals surface area contributed by atoms with Crippen molar-refractivity contribution in [3.05, 3.63) is 24.0 Å². The third-order valence-electron chi connectivity index (χ3n) is 5.31. The molecule has 0 aliphatic carbocycles. The predicted octanol–water partition coefficient (Wildman–Crippen LogP) is 2.13. The molecule has 1 unspecified atom stereocenters. The van der Waals surface area contributed by atoms with E-state index in [1.165, 1.54) is 17.1 Å². The summed E-state index contributed by atoms with van der Waals surface area (Å²) in [5, 5.41) is 2.88. The van der Waals surface area contributed by atoms with Crippen LogP contribution in [0.25, 0.3) is 11.0 Å². The maximum Gasteiger partial charge on any atom is 0.242 e. The first kappa shape index (κ1) is 17.5. The summed E-state index contributed by atoms with van der Waals surface area (Å²) in [6.07, 6.45) is 6.97. The number of benzene rings is 1. The number of aromatic nitrogens is 2. The second kappa shape index (κ2) is 6.66. The Bertz CT molecular complexity index is 951. The van der Waals surface area contributed by atoms with Crippen LogP contribution in [0.1, 0.15) is 37.9 Å². The lowest BCUT2D eigenvalue weighted by Crippen LogP contribution is -2.42. The average Bonchev–Trinajstić information content (AvgIpc) is 3.14. The van der Waals surface area contributed by atoms with Crippen LogP contribution < -0.4 is 5.32 Å². The smallest absolute Gasteiger partial charge is 0.242 e. The number of fused-ring (bicyclic) bond motifs is 3. The molecule has 140 valence electrons. The Morgan fingerprint density at radius 2 is 2.04 bits per heavy atom. The fraction of sp³-hybridized carbons (Fsp3) is 0.556. The molecule has 1 N–H and O–H groups in total. The number of hydrogen-bond acceptors (Lipinski definition) is 4. The Hall–Kier alpha value is -1.93. The van der Waals surface area contributed by atoms with Crippen molar-refractivity contribution in [2.24, 2.45) is 0 Å². The lowest BCUT2D eigenvalue weighted by molar-refractivity contribution is -0.119. The van der Waals surface area contributed by atoms with Gasteiger partial charge in [-0.15, -0.1) is 0 Å². The van der Waals surface area contributed by atoms with Gasteiger partial charge in [0.15, 0.2) is 0 Å². The molecule has 2 aliphatic rings. The van der Waals surface area contributed by atoms with E-state index in [4.69, 9.17) is 4.98 Å². The van der Waals surface area contributed by atoms with Crippen LogP contribution in [0.4, 0.5) is 5.69 Å². The molecule has 1 saturated heterocycles. The van der Waals surface area contributed by atoms with Gasteiger partial charge in [-0.3, -0.25) is 4.79 Å². The summed E-state index contributed by atoms with van der Waals surface area (Å²) in [5.74, 6) is 0.841. The highest BCUT2D eigenvalue weighted by atomic mass is 32.2. The Morgan fingerprint density at radius 1 is 1.19 bits per heavy atom. The number of aryl methyl sites for hydroxylation is 2. The van der Waals surface area contributed by atoms with E-state index in [0.29, 0.717) is 25.1 Å². The third-order valence-corrected chi connectivity index (χ3v) is 6.60. The molecular formula is C18H24N4O3S. The maximum absolute atomic E-state index is 12.6. The van der Waals surface area contributed by atoms with Gasteiger partial charge in [-0.1, -0.05) is 6.42 Å². The highest BCUT2D eigenvalue weighted by Crippen LogP contribution is 2.26. The van der Waals surface area contributed by atoms with Gasteiger partial charge in [-0.05, 0) is 43.9 Å². The van der Waals surface area contributed by atoms with Gasteiger partial charge in [0.25, 0.3) is 0 Å². The highest BCUT2D eigenvalue weighted by molar-refractivity contribution is 7.88. The summed E-state index contributed by atoms with van der Waals surface area (Å²) in [6, 6.07) is 5.13. The summed E-state index contributed by atoms with van der Waals surface area (Å²) in [5.41, 5.74) is 2.64. The number of carbonyl (C=O) groups is 1. The van der Waals surface area contributed by atoms with Crippen molar-refractivity contribution in [3.8, 4) is 0 Å². The maximum atomic E-state index is 12.6. The van der Waals surface area contributed by atoms with Crippen LogP contribution in [0.15, 0.2) is 18.2 Å². The van der Waals surface area contributed by atoms with E-state index in [0.717, 1.165) is 42.5 Å². The van der Waals surface area contributed by atoms with E-state index < -0.39 is 16.1 Å². The standard InChI is InChI=1S/C18H24N4O3S/c1-26(24,25)22-11-5-6-16(22)18(23)19-13-8-9-15-14(12-13)20-17-7-3-2-4-10-21(15)17/h8-9,12,16H,2-7,10-11H2,1H3,(H,19,23). The zero-order valence-electron chi connectivity index (χ0n) is 14.9. The van der Waals surface area contributed by atoms with E-state index >= 15 is 0 Å². The molecule has 1 amide bonds. The summed E-state index contributed by atoms with van der Waals surface area (Å²) in [7, 11) is -3.37. The minimum atomic E-state index is -3.37. The van der Waals surface area contributed by atoms with Crippen LogP contribution in [0.2, 0.25) is 0 Å². The zero-order valence-corrected chi connectivity index (χ0v) is 15.8. The number of rotatable bonds is 3. The summed E-state index contributed by atoms with van der Waals surface area (Å²) < 4.78 is 27.3. The van der Waals surface area contributed by atoms with E-state index in [2.05, 4.69) is 9.88 Å². The van der Waals surface area contributed by atoms with Crippen LogP contribution in [0, 0.1) is 0 Å². The highest BCUT2D eigenvalue weighted by Gasteiger charge is 2.36. The van der Waals surface area contributed by atoms with E-state index in [-0.39, 0.29) is 5.91 Å². The van der Waals surface area contributed by atoms with Gasteiger partial charge in [0.2, 0.25) is 15.9 Å². The quantitative estimate of drug-likeness (QED) is 0.889. The number of nitrogens with one attached hydrogen (secondary N) is 1. The number of hydrogen-bond donors (Lipinski definition) is 1. The van der Waals surface area contributed by atoms with Crippen LogP contribution in [0.5, 0.6) is 0 Å². The first-order chi connectivity index (χ1) is 12.4. The number of amides is 1. The number of nitrogens with zero attached hydrogens (tertiary/aromatic N) is 3. The van der Waals surface area contributed by atoms with Crippen LogP contribution in [-0.2, 0) is 27.8 Å². The summed E-state index contributed by atoms with van der Waals surface area (Å²) in [6.45, 7) is 1.40. The second-order valence-electron chi connectivity index (χ2n) is 7.21. The lowest BCUT2D eigenvalue weighted by atomic mass is 10.2. The largest absolute Gasteiger partial charge is 0.328 e. The van der Waals surface area contributed by atoms with Crippen molar-refractivity contribution < 1.29 is 13.2 Å². The topological polar surface area (TPSA) is 84.3 Å². The number of sulfonamides is 1. The fourth-order valence-electron chi connectivity index (χ4n) is 4.05. The fourth-order valence-corrected chi connectivity index (χ4v) is 5.18. The molecule has 8 heteroatoms. The second-order valence-corrected chi connectivity index (χ2v) is 9.15. The van der Waals surface area contributed by atoms with Crippen molar-refractivity contribution in [2.45, 2.75) is 51.1 Å². The van der Waals surface area contributed by atoms with Gasteiger partial charge in [-0.2, -0.15) is 4.31 Å². The molecule has 2 aromatic rings. The lowest BCUT2D eigenvalue weighted by Gasteiger charge is -2.21. The number of carbonyl (C=O) groups excluding carboxylic acids is 1. The summed E-state index contributed by atoms with van der Waals surface area (Å²) in [4.78, 5) is 17.3. The van der Waals surface area contributed by atoms with Gasteiger partial charge in [-0.25, -0.2) is 13.4 Å². The van der Waals surface area contributed by atoms with Crippen molar-refractivity contribution in [2.75, 3.05) is 18.1 Å². The number of imidazole rings is 1. The molecule has 0 radical (unpaired) electrons. The van der Waals surface area contributed by atoms with Crippen molar-refractivity contribution in [1.82, 2.24) is 13.9 Å². The Kier molecular flexibility index (Phi) is 4.48. The molecule has 2 aliphatic heterocycles. The van der Waals surface area contributed by atoms with E-state index in [1.807, 2.05) is 18.2 Å². The minimum Gasteiger partial charge on any atom is -0.328 e. The molecular weight excluding hydrogens is 352 g/mol. The molecule has 1 aromatic carbocycles. The van der Waals surface area contributed by atoms with Crippen LogP contribution >= 0.6 is 0 Å². The molecule has 4 rings (SSSR count). The molecule has 0 saturated carbocycles. The van der Waals surface area contributed by atoms with Gasteiger partial charge in [0.05, 0.1) is 17.3 Å². The molecule has 3 heterocycles. The normalized spacial score (nSPS) is 21.5. The van der Waals surface area contributed by atoms with E-state index in [1.54, 1.807) is 0 Å². The molecule has 1 aromatic heterocycles. The Labute approximate surface area is 153 Å². The van der Waals surface area contributed by atoms with Gasteiger partial charge in [0, 0.05) is 25.2 Å². The molecule has 26 heavy (non-hydrogen) atoms. The zero-order chi connectivity index (χ0) is 18.3. The Morgan fingerprint density at radius 3 is 2.85 bits per heavy atom. The molecule has 0 spiro atoms. The first-order valence-corrected chi connectivity index (χ1v) is 11.1. The van der Waals surface area contributed by atoms with Crippen LogP contribution in [0.3, 0.4) is 0 Å². The van der Waals surface area contributed by atoms with Gasteiger partial charge < -0.3 is 9.88 Å². The predicted molar refractivity (Wildman–Crippen MR) is 100 cm³/mol. The minimum absolute atomic E-state index is 0.270.